The van der Waals surface area contributed by atoms with E-state index in [1.807, 2.05) is 37.3 Å². The van der Waals surface area contributed by atoms with Gasteiger partial charge in [0.25, 0.3) is 11.8 Å². The minimum atomic E-state index is -0.278. The fourth-order valence-electron chi connectivity index (χ4n) is 3.52. The number of hydrogen-bond acceptors (Lipinski definition) is 5. The third-order valence-corrected chi connectivity index (χ3v) is 5.44. The SMILES string of the molecule is COCCCNC(=O)c1cccc(NCC(=O)Nc2cccc(C(=O)NC(C)c3ccccc3)c2)c1. The van der Waals surface area contributed by atoms with Crippen molar-refractivity contribution >= 4 is 29.1 Å². The van der Waals surface area contributed by atoms with Gasteiger partial charge in [-0.1, -0.05) is 42.5 Å². The van der Waals surface area contributed by atoms with Crippen LogP contribution in [0.15, 0.2) is 78.9 Å². The molecule has 0 saturated heterocycles. The van der Waals surface area contributed by atoms with Crippen molar-refractivity contribution < 1.29 is 19.1 Å². The van der Waals surface area contributed by atoms with Crippen molar-refractivity contribution in [3.05, 3.63) is 95.6 Å². The van der Waals surface area contributed by atoms with E-state index >= 15 is 0 Å². The van der Waals surface area contributed by atoms with E-state index in [4.69, 9.17) is 4.74 Å². The fourth-order valence-corrected chi connectivity index (χ4v) is 3.52. The molecule has 188 valence electrons. The first-order valence-corrected chi connectivity index (χ1v) is 11.8. The van der Waals surface area contributed by atoms with E-state index in [1.54, 1.807) is 55.6 Å². The molecule has 3 amide bonds. The van der Waals surface area contributed by atoms with Gasteiger partial charge in [-0.3, -0.25) is 14.4 Å². The Bertz CT molecular complexity index is 1170. The summed E-state index contributed by atoms with van der Waals surface area (Å²) in [6.45, 7) is 3.03. The number of rotatable bonds is 12. The predicted molar refractivity (Wildman–Crippen MR) is 141 cm³/mol. The second-order valence-electron chi connectivity index (χ2n) is 8.27. The molecule has 0 bridgehead atoms. The molecule has 0 aromatic heterocycles. The summed E-state index contributed by atoms with van der Waals surface area (Å²) in [6, 6.07) is 23.3. The highest BCUT2D eigenvalue weighted by molar-refractivity contribution is 5.98. The van der Waals surface area contributed by atoms with Crippen molar-refractivity contribution in [2.24, 2.45) is 0 Å². The van der Waals surface area contributed by atoms with Crippen molar-refractivity contribution in [2.45, 2.75) is 19.4 Å². The number of hydrogen-bond donors (Lipinski definition) is 4. The number of amides is 3. The number of benzene rings is 3. The van der Waals surface area contributed by atoms with Crippen LogP contribution < -0.4 is 21.3 Å². The lowest BCUT2D eigenvalue weighted by Gasteiger charge is -2.15. The van der Waals surface area contributed by atoms with E-state index in [9.17, 15) is 14.4 Å². The molecular weight excluding hydrogens is 456 g/mol. The smallest absolute Gasteiger partial charge is 0.251 e. The average molecular weight is 489 g/mol. The Balaban J connectivity index is 1.51. The molecule has 0 saturated carbocycles. The summed E-state index contributed by atoms with van der Waals surface area (Å²) in [6.07, 6.45) is 0.731. The molecule has 0 heterocycles. The van der Waals surface area contributed by atoms with Gasteiger partial charge < -0.3 is 26.0 Å². The Morgan fingerprint density at radius 1 is 0.833 bits per heavy atom. The molecule has 0 aliphatic heterocycles. The van der Waals surface area contributed by atoms with E-state index in [0.717, 1.165) is 12.0 Å². The average Bonchev–Trinajstić information content (AvgIpc) is 2.90. The fraction of sp³-hybridized carbons (Fsp3) is 0.250. The molecule has 8 heteroatoms. The zero-order valence-corrected chi connectivity index (χ0v) is 20.5. The maximum absolute atomic E-state index is 12.7. The van der Waals surface area contributed by atoms with Gasteiger partial charge >= 0.3 is 0 Å². The van der Waals surface area contributed by atoms with Crippen molar-refractivity contribution in [1.29, 1.82) is 0 Å². The Hall–Kier alpha value is -4.17. The minimum absolute atomic E-state index is 0.000374. The zero-order valence-electron chi connectivity index (χ0n) is 20.5. The van der Waals surface area contributed by atoms with Gasteiger partial charge in [0, 0.05) is 42.8 Å². The first kappa shape index (κ1) is 26.4. The molecule has 0 aliphatic carbocycles. The quantitative estimate of drug-likeness (QED) is 0.288. The second-order valence-corrected chi connectivity index (χ2v) is 8.27. The summed E-state index contributed by atoms with van der Waals surface area (Å²) in [5, 5.41) is 11.6. The molecule has 0 aliphatic rings. The van der Waals surface area contributed by atoms with Gasteiger partial charge in [-0.15, -0.1) is 0 Å². The monoisotopic (exact) mass is 488 g/mol. The number of carbonyl (C=O) groups excluding carboxylic acids is 3. The van der Waals surface area contributed by atoms with E-state index in [0.29, 0.717) is 35.7 Å². The van der Waals surface area contributed by atoms with Crippen molar-refractivity contribution in [3.63, 3.8) is 0 Å². The summed E-state index contributed by atoms with van der Waals surface area (Å²) in [4.78, 5) is 37.5. The molecule has 3 aromatic rings. The maximum Gasteiger partial charge on any atom is 0.251 e. The van der Waals surface area contributed by atoms with Crippen LogP contribution in [-0.4, -0.2) is 44.5 Å². The number of ether oxygens (including phenoxy) is 1. The third kappa shape index (κ3) is 8.25. The molecule has 3 aromatic carbocycles. The number of methoxy groups -OCH3 is 1. The van der Waals surface area contributed by atoms with Gasteiger partial charge in [0.05, 0.1) is 12.6 Å². The molecule has 0 fully saturated rings. The summed E-state index contributed by atoms with van der Waals surface area (Å²) in [5.74, 6) is -0.687. The van der Waals surface area contributed by atoms with Crippen LogP contribution in [-0.2, 0) is 9.53 Å². The maximum atomic E-state index is 12.7. The molecule has 1 unspecified atom stereocenters. The van der Waals surface area contributed by atoms with E-state index in [1.165, 1.54) is 0 Å². The van der Waals surface area contributed by atoms with Gasteiger partial charge in [0.2, 0.25) is 5.91 Å². The molecule has 36 heavy (non-hydrogen) atoms. The van der Waals surface area contributed by atoms with Crippen LogP contribution in [0, 0.1) is 0 Å². The standard InChI is InChI=1S/C28H32N4O4/c1-20(21-9-4-3-5-10-21)31-28(35)23-12-7-14-25(18-23)32-26(33)19-30-24-13-6-11-22(17-24)27(34)29-15-8-16-36-2/h3-7,9-14,17-18,20,30H,8,15-16,19H2,1-2H3,(H,29,34)(H,31,35)(H,32,33). The van der Waals surface area contributed by atoms with Crippen LogP contribution in [0.25, 0.3) is 0 Å². The number of anilines is 2. The van der Waals surface area contributed by atoms with Crippen LogP contribution in [0.3, 0.4) is 0 Å². The van der Waals surface area contributed by atoms with Crippen LogP contribution in [0.2, 0.25) is 0 Å². The van der Waals surface area contributed by atoms with E-state index in [2.05, 4.69) is 21.3 Å². The normalized spacial score (nSPS) is 11.3. The Morgan fingerprint density at radius 2 is 1.50 bits per heavy atom. The Labute approximate surface area is 211 Å². The van der Waals surface area contributed by atoms with Gasteiger partial charge in [-0.25, -0.2) is 0 Å². The first-order chi connectivity index (χ1) is 17.5. The van der Waals surface area contributed by atoms with Crippen LogP contribution in [0.1, 0.15) is 45.7 Å². The molecular formula is C28H32N4O4. The molecule has 0 spiro atoms. The van der Waals surface area contributed by atoms with Gasteiger partial charge in [-0.05, 0) is 55.3 Å². The van der Waals surface area contributed by atoms with Gasteiger partial charge in [0.1, 0.15) is 0 Å². The third-order valence-electron chi connectivity index (χ3n) is 5.44. The van der Waals surface area contributed by atoms with Crippen molar-refractivity contribution in [3.8, 4) is 0 Å². The molecule has 0 radical (unpaired) electrons. The lowest BCUT2D eigenvalue weighted by Crippen LogP contribution is -2.27. The molecule has 1 atom stereocenters. The lowest BCUT2D eigenvalue weighted by atomic mass is 10.1. The molecule has 4 N–H and O–H groups in total. The number of nitrogens with one attached hydrogen (secondary N) is 4. The van der Waals surface area contributed by atoms with Crippen molar-refractivity contribution in [1.82, 2.24) is 10.6 Å². The molecule has 3 rings (SSSR count). The van der Waals surface area contributed by atoms with Crippen LogP contribution in [0.4, 0.5) is 11.4 Å². The predicted octanol–water partition coefficient (Wildman–Crippen LogP) is 3.99. The first-order valence-electron chi connectivity index (χ1n) is 11.8. The Kier molecular flexibility index (Phi) is 10.0. The second kappa shape index (κ2) is 13.7. The summed E-state index contributed by atoms with van der Waals surface area (Å²) >= 11 is 0. The van der Waals surface area contributed by atoms with E-state index < -0.39 is 0 Å². The van der Waals surface area contributed by atoms with Crippen LogP contribution >= 0.6 is 0 Å². The Morgan fingerprint density at radius 3 is 2.22 bits per heavy atom. The lowest BCUT2D eigenvalue weighted by molar-refractivity contribution is -0.114. The van der Waals surface area contributed by atoms with Gasteiger partial charge in [0.15, 0.2) is 0 Å². The van der Waals surface area contributed by atoms with Gasteiger partial charge in [-0.2, -0.15) is 0 Å². The highest BCUT2D eigenvalue weighted by Gasteiger charge is 2.12. The topological polar surface area (TPSA) is 109 Å². The highest BCUT2D eigenvalue weighted by Crippen LogP contribution is 2.15. The largest absolute Gasteiger partial charge is 0.385 e. The summed E-state index contributed by atoms with van der Waals surface area (Å²) in [7, 11) is 1.62. The summed E-state index contributed by atoms with van der Waals surface area (Å²) < 4.78 is 4.98. The number of carbonyl (C=O) groups is 3. The zero-order chi connectivity index (χ0) is 25.8. The highest BCUT2D eigenvalue weighted by atomic mass is 16.5. The van der Waals surface area contributed by atoms with Crippen LogP contribution in [0.5, 0.6) is 0 Å². The molecule has 8 nitrogen and oxygen atoms in total. The van der Waals surface area contributed by atoms with E-state index in [-0.39, 0.29) is 30.3 Å². The van der Waals surface area contributed by atoms with Crippen molar-refractivity contribution in [2.75, 3.05) is 37.4 Å². The summed E-state index contributed by atoms with van der Waals surface area (Å²) in [5.41, 5.74) is 3.13. The minimum Gasteiger partial charge on any atom is -0.385 e.